The third-order valence-corrected chi connectivity index (χ3v) is 5.68. The van der Waals surface area contributed by atoms with Gasteiger partial charge in [-0.25, -0.2) is 9.18 Å². The summed E-state index contributed by atoms with van der Waals surface area (Å²) in [5.41, 5.74) is 5.63. The number of aromatic amines is 1. The molecule has 0 radical (unpaired) electrons. The van der Waals surface area contributed by atoms with Crippen molar-refractivity contribution >= 4 is 17.0 Å². The van der Waals surface area contributed by atoms with Crippen LogP contribution in [0.15, 0.2) is 84.9 Å². The number of ether oxygens (including phenoxy) is 2. The molecule has 0 saturated heterocycles. The number of hydrogen-bond acceptors (Lipinski definition) is 4. The molecule has 6 heteroatoms. The first-order valence-corrected chi connectivity index (χ1v) is 10.7. The van der Waals surface area contributed by atoms with E-state index in [9.17, 15) is 9.18 Å². The van der Waals surface area contributed by atoms with Crippen LogP contribution in [0, 0.1) is 12.7 Å². The number of halogens is 1. The second kappa shape index (κ2) is 8.83. The van der Waals surface area contributed by atoms with Crippen molar-refractivity contribution in [2.75, 3.05) is 7.11 Å². The maximum absolute atomic E-state index is 15.0. The zero-order valence-electron chi connectivity index (χ0n) is 18.6. The van der Waals surface area contributed by atoms with Crippen molar-refractivity contribution in [3.8, 4) is 34.0 Å². The Morgan fingerprint density at radius 1 is 0.882 bits per heavy atom. The highest BCUT2D eigenvalue weighted by molar-refractivity contribution is 5.91. The molecule has 0 saturated carbocycles. The number of benzene rings is 4. The van der Waals surface area contributed by atoms with E-state index in [0.717, 1.165) is 22.3 Å². The molecule has 0 aliphatic rings. The first kappa shape index (κ1) is 21.4. The van der Waals surface area contributed by atoms with Gasteiger partial charge in [0.15, 0.2) is 0 Å². The Hall–Kier alpha value is -4.45. The van der Waals surface area contributed by atoms with E-state index in [2.05, 4.69) is 9.97 Å². The van der Waals surface area contributed by atoms with Crippen LogP contribution in [0.5, 0.6) is 11.8 Å². The first-order valence-electron chi connectivity index (χ1n) is 10.7. The molecule has 5 aromatic rings. The summed E-state index contributed by atoms with van der Waals surface area (Å²) in [7, 11) is 1.33. The van der Waals surface area contributed by atoms with E-state index >= 15 is 0 Å². The molecule has 0 amide bonds. The van der Waals surface area contributed by atoms with Crippen LogP contribution in [0.25, 0.3) is 33.3 Å². The smallest absolute Gasteiger partial charge is 0.338 e. The van der Waals surface area contributed by atoms with Gasteiger partial charge in [0.25, 0.3) is 6.01 Å². The van der Waals surface area contributed by atoms with E-state index in [1.54, 1.807) is 24.3 Å². The Kier molecular flexibility index (Phi) is 5.55. The molecular formula is C28H21FN2O3. The van der Waals surface area contributed by atoms with Crippen molar-refractivity contribution in [2.45, 2.75) is 6.92 Å². The Labute approximate surface area is 195 Å². The topological polar surface area (TPSA) is 64.2 Å². The first-order chi connectivity index (χ1) is 16.5. The fourth-order valence-corrected chi connectivity index (χ4v) is 3.86. The van der Waals surface area contributed by atoms with Gasteiger partial charge in [0.05, 0.1) is 23.7 Å². The molecule has 5 rings (SSSR count). The predicted molar refractivity (Wildman–Crippen MR) is 130 cm³/mol. The summed E-state index contributed by atoms with van der Waals surface area (Å²) in [6.07, 6.45) is 0. The second-order valence-electron chi connectivity index (χ2n) is 7.90. The van der Waals surface area contributed by atoms with Gasteiger partial charge in [-0.3, -0.25) is 0 Å². The summed E-state index contributed by atoms with van der Waals surface area (Å²) in [6.45, 7) is 1.81. The number of nitrogens with zero attached hydrogens (tertiary/aromatic N) is 1. The zero-order valence-corrected chi connectivity index (χ0v) is 18.6. The van der Waals surface area contributed by atoms with E-state index in [1.807, 2.05) is 61.5 Å². The Morgan fingerprint density at radius 2 is 1.59 bits per heavy atom. The van der Waals surface area contributed by atoms with Crippen LogP contribution >= 0.6 is 0 Å². The fraction of sp³-hybridized carbons (Fsp3) is 0.0714. The van der Waals surface area contributed by atoms with E-state index in [4.69, 9.17) is 9.47 Å². The monoisotopic (exact) mass is 452 g/mol. The van der Waals surface area contributed by atoms with Gasteiger partial charge >= 0.3 is 5.97 Å². The summed E-state index contributed by atoms with van der Waals surface area (Å²) >= 11 is 0. The molecule has 0 aliphatic carbocycles. The van der Waals surface area contributed by atoms with Crippen LogP contribution in [0.2, 0.25) is 0 Å². The van der Waals surface area contributed by atoms with Gasteiger partial charge in [0.2, 0.25) is 0 Å². The van der Waals surface area contributed by atoms with Gasteiger partial charge in [-0.2, -0.15) is 4.98 Å². The SMILES string of the molecule is COC(=O)c1cc(Oc2nc3cc(-c4ccc(-c5ccccc5)cc4)c(F)cc3[nH]2)ccc1C. The van der Waals surface area contributed by atoms with Crippen LogP contribution in [-0.4, -0.2) is 23.0 Å². The summed E-state index contributed by atoms with van der Waals surface area (Å²) < 4.78 is 25.6. The van der Waals surface area contributed by atoms with E-state index in [-0.39, 0.29) is 11.8 Å². The van der Waals surface area contributed by atoms with Gasteiger partial charge in [0.1, 0.15) is 11.6 Å². The van der Waals surface area contributed by atoms with Gasteiger partial charge in [-0.05, 0) is 47.4 Å². The molecule has 5 nitrogen and oxygen atoms in total. The standard InChI is InChI=1S/C28H21FN2O3/c1-17-8-13-21(14-22(17)27(32)33-2)34-28-30-25-15-23(24(29)16-26(25)31-28)20-11-9-19(10-12-20)18-6-4-3-5-7-18/h3-16H,1-2H3,(H,30,31). The maximum atomic E-state index is 15.0. The highest BCUT2D eigenvalue weighted by Gasteiger charge is 2.14. The largest absolute Gasteiger partial charge is 0.465 e. The molecule has 0 spiro atoms. The van der Waals surface area contributed by atoms with Crippen LogP contribution in [0.3, 0.4) is 0 Å². The summed E-state index contributed by atoms with van der Waals surface area (Å²) in [5.74, 6) is -0.390. The molecule has 0 atom stereocenters. The Morgan fingerprint density at radius 3 is 2.32 bits per heavy atom. The lowest BCUT2D eigenvalue weighted by atomic mass is 10.00. The number of H-pyrrole nitrogens is 1. The summed E-state index contributed by atoms with van der Waals surface area (Å²) in [4.78, 5) is 19.4. The molecule has 0 bridgehead atoms. The second-order valence-corrected chi connectivity index (χ2v) is 7.90. The van der Waals surface area contributed by atoms with E-state index in [1.165, 1.54) is 13.2 Å². The molecule has 1 N–H and O–H groups in total. The fourth-order valence-electron chi connectivity index (χ4n) is 3.86. The number of aryl methyl sites for hydroxylation is 1. The van der Waals surface area contributed by atoms with Crippen molar-refractivity contribution in [3.05, 3.63) is 102 Å². The number of hydrogen-bond donors (Lipinski definition) is 1. The Bertz CT molecular complexity index is 1490. The molecule has 0 aliphatic heterocycles. The number of carbonyl (C=O) groups is 1. The molecule has 1 heterocycles. The minimum atomic E-state index is -0.447. The highest BCUT2D eigenvalue weighted by Crippen LogP contribution is 2.31. The number of esters is 1. The normalized spacial score (nSPS) is 10.9. The summed E-state index contributed by atoms with van der Waals surface area (Å²) in [5, 5.41) is 0. The molecule has 0 fully saturated rings. The van der Waals surface area contributed by atoms with Crippen molar-refractivity contribution in [1.29, 1.82) is 0 Å². The zero-order chi connectivity index (χ0) is 23.7. The van der Waals surface area contributed by atoms with Crippen LogP contribution in [0.4, 0.5) is 4.39 Å². The van der Waals surface area contributed by atoms with Crippen molar-refractivity contribution < 1.29 is 18.7 Å². The summed E-state index contributed by atoms with van der Waals surface area (Å²) in [6, 6.07) is 26.2. The number of rotatable bonds is 5. The minimum Gasteiger partial charge on any atom is -0.465 e. The van der Waals surface area contributed by atoms with Gasteiger partial charge in [0, 0.05) is 11.6 Å². The van der Waals surface area contributed by atoms with Gasteiger partial charge < -0.3 is 14.5 Å². The third-order valence-electron chi connectivity index (χ3n) is 5.68. The van der Waals surface area contributed by atoms with E-state index in [0.29, 0.717) is 27.9 Å². The quantitative estimate of drug-likeness (QED) is 0.294. The molecular weight excluding hydrogens is 431 g/mol. The maximum Gasteiger partial charge on any atom is 0.338 e. The average Bonchev–Trinajstić information content (AvgIpc) is 3.25. The number of aromatic nitrogens is 2. The lowest BCUT2D eigenvalue weighted by molar-refractivity contribution is 0.0599. The van der Waals surface area contributed by atoms with Gasteiger partial charge in [-0.15, -0.1) is 0 Å². The minimum absolute atomic E-state index is 0.200. The number of fused-ring (bicyclic) bond motifs is 1. The molecule has 4 aromatic carbocycles. The van der Waals surface area contributed by atoms with Crippen LogP contribution < -0.4 is 4.74 Å². The van der Waals surface area contributed by atoms with E-state index < -0.39 is 5.97 Å². The number of imidazole rings is 1. The van der Waals surface area contributed by atoms with Crippen molar-refractivity contribution in [1.82, 2.24) is 9.97 Å². The van der Waals surface area contributed by atoms with Crippen molar-refractivity contribution in [2.24, 2.45) is 0 Å². The Balaban J connectivity index is 1.44. The van der Waals surface area contributed by atoms with Crippen LogP contribution in [-0.2, 0) is 4.74 Å². The lowest BCUT2D eigenvalue weighted by Crippen LogP contribution is -2.04. The number of carbonyl (C=O) groups excluding carboxylic acids is 1. The molecule has 34 heavy (non-hydrogen) atoms. The van der Waals surface area contributed by atoms with Crippen molar-refractivity contribution in [3.63, 3.8) is 0 Å². The molecule has 168 valence electrons. The number of methoxy groups -OCH3 is 1. The van der Waals surface area contributed by atoms with Crippen LogP contribution in [0.1, 0.15) is 15.9 Å². The predicted octanol–water partition coefficient (Wildman–Crippen LogP) is 6.92. The lowest BCUT2D eigenvalue weighted by Gasteiger charge is -2.07. The third kappa shape index (κ3) is 4.13. The molecule has 1 aromatic heterocycles. The highest BCUT2D eigenvalue weighted by atomic mass is 19.1. The number of nitrogens with one attached hydrogen (secondary N) is 1. The van der Waals surface area contributed by atoms with Gasteiger partial charge in [-0.1, -0.05) is 60.7 Å². The average molecular weight is 452 g/mol. The molecule has 0 unspecified atom stereocenters.